The number of nitrogens with zero attached hydrogens (tertiary/aromatic N) is 3. The van der Waals surface area contributed by atoms with Crippen molar-refractivity contribution < 1.29 is 136 Å². The third-order valence-corrected chi connectivity index (χ3v) is 19.3. The van der Waals surface area contributed by atoms with E-state index in [0.29, 0.717) is 0 Å². The number of methoxy groups -OCH3 is 1. The maximum Gasteiger partial charge on any atom is 0.333 e. The van der Waals surface area contributed by atoms with E-state index in [1.807, 2.05) is 0 Å². The normalized spacial score (nSPS) is 23.8. The third kappa shape index (κ3) is 16.5. The minimum absolute atomic E-state index is 0.0650. The Morgan fingerprint density at radius 1 is 0.530 bits per heavy atom. The zero-order valence-electron chi connectivity index (χ0n) is 61.2. The van der Waals surface area contributed by atoms with E-state index in [2.05, 4.69) is 47.5 Å². The number of carbonyl (C=O) groups excluding carboxylic acids is 11. The van der Waals surface area contributed by atoms with Gasteiger partial charge in [0.1, 0.15) is 107 Å². The van der Waals surface area contributed by atoms with Crippen LogP contribution < -0.4 is 51.4 Å². The summed E-state index contributed by atoms with van der Waals surface area (Å²) in [5.41, 5.74) is -2.67. The van der Waals surface area contributed by atoms with Crippen molar-refractivity contribution in [2.24, 2.45) is 0 Å². The molecule has 8 heterocycles. The van der Waals surface area contributed by atoms with Crippen LogP contribution in [0.4, 0.5) is 0 Å². The highest BCUT2D eigenvalue weighted by atomic mass is 16.7. The molecule has 38 nitrogen and oxygen atoms in total. The molecule has 15 N–H and O–H groups in total. The van der Waals surface area contributed by atoms with Gasteiger partial charge in [0.15, 0.2) is 53.6 Å². The average molecular weight is 1590 g/mol. The monoisotopic (exact) mass is 1580 g/mol. The molecule has 7 aromatic carbocycles. The Hall–Kier alpha value is -14.1. The van der Waals surface area contributed by atoms with Crippen molar-refractivity contribution in [1.82, 2.24) is 52.2 Å². The number of ether oxygens (including phenoxy) is 9. The maximum atomic E-state index is 16.1. The average Bonchev–Trinajstić information content (AvgIpc) is 0.883. The first kappa shape index (κ1) is 79.0. The number of aromatic hydroxyl groups is 6. The minimum atomic E-state index is -2.25. The summed E-state index contributed by atoms with van der Waals surface area (Å²) < 4.78 is 53.6. The number of aliphatic hydroxyl groups excluding tert-OH is 2. The Morgan fingerprint density at radius 3 is 1.66 bits per heavy atom. The lowest BCUT2D eigenvalue weighted by Gasteiger charge is -2.44. The van der Waals surface area contributed by atoms with E-state index in [1.165, 1.54) is 73.8 Å². The molecule has 7 aliphatic heterocycles. The lowest BCUT2D eigenvalue weighted by molar-refractivity contribution is -0.280. The number of rotatable bonds is 10. The molecule has 1 aromatic heterocycles. The minimum Gasteiger partial charge on any atom is -0.508 e. The van der Waals surface area contributed by atoms with Crippen molar-refractivity contribution >= 4 is 65.2 Å². The van der Waals surface area contributed by atoms with E-state index >= 15 is 24.0 Å². The van der Waals surface area contributed by atoms with E-state index in [0.717, 1.165) is 100 Å². The van der Waals surface area contributed by atoms with E-state index in [1.54, 1.807) is 0 Å². The summed E-state index contributed by atoms with van der Waals surface area (Å²) in [5, 5.41) is 121. The number of aliphatic hydroxyl groups is 2. The number of carbonyl (C=O) groups is 11. The first-order valence-corrected chi connectivity index (χ1v) is 35.1. The summed E-state index contributed by atoms with van der Waals surface area (Å²) in [6, 6.07) is 6.87. The molecule has 598 valence electrons. The zero-order valence-corrected chi connectivity index (χ0v) is 61.2. The van der Waals surface area contributed by atoms with E-state index in [4.69, 9.17) is 42.6 Å². The molecule has 15 rings (SSSR count). The van der Waals surface area contributed by atoms with Gasteiger partial charge in [-0.15, -0.1) is 5.10 Å². The fourth-order valence-electron chi connectivity index (χ4n) is 13.8. The van der Waals surface area contributed by atoms with Gasteiger partial charge < -0.3 is 121 Å². The first-order valence-electron chi connectivity index (χ1n) is 35.1. The number of phenolic OH excluding ortho intramolecular Hbond substituents is 6. The molecule has 0 saturated carbocycles. The van der Waals surface area contributed by atoms with Gasteiger partial charge in [0.05, 0.1) is 19.9 Å². The van der Waals surface area contributed by atoms with Gasteiger partial charge in [0.2, 0.25) is 47.1 Å². The largest absolute Gasteiger partial charge is 0.508 e. The standard InChI is InChI=1S/C77H72N10O28/c1-30-49(95)20-39-22-51(30)114-52-21-38(12-18-48(52)94)64(87-27-41(85-86-87)28-109-77-63(78-31(2)88)69(111-34(5)91)68(110-33(4)90)55(115-77)29-108-32(3)89)75(105)84-62-66(98)36-9-15-44(16-10-36)113-54-24-40-23-53(67(54)99)112-43-13-7-35(8-14-43)65(97)61-74(104)82-60(76(106)107-6)46-25-42(92)26-50(96)56(46)45-19-37(11-17-47(45)93)57(70(100)83-61)79-72(102)59(40)80-71(101)58(39)81-73(62)103/h7-27,55,57-66,68-69,77,92-99H,28-29H2,1-6H3,(H,78,88)(H,79,102)(H,80,101)(H,81,103)(H,82,104)(H,83,100)(H,84,105)/t55-,57-,58+,59-,60-,61+,62-,63-,64-,65-,66-,68-,69-,77+/m1/s1. The molecule has 7 aliphatic rings. The molecule has 0 aliphatic carbocycles. The molecule has 0 unspecified atom stereocenters. The summed E-state index contributed by atoms with van der Waals surface area (Å²) in [6.45, 7) is 4.47. The predicted octanol–water partition coefficient (Wildman–Crippen LogP) is 2.92. The molecule has 38 heteroatoms. The maximum absolute atomic E-state index is 16.1. The summed E-state index contributed by atoms with van der Waals surface area (Å²) in [4.78, 5) is 158. The van der Waals surface area contributed by atoms with Crippen LogP contribution in [0.15, 0.2) is 128 Å². The van der Waals surface area contributed by atoms with Crippen molar-refractivity contribution in [2.45, 2.75) is 126 Å². The number of fused-ring (bicyclic) bond motifs is 14. The number of amides is 7. The van der Waals surface area contributed by atoms with Crippen molar-refractivity contribution in [1.29, 1.82) is 0 Å². The Bertz CT molecular complexity index is 5270. The van der Waals surface area contributed by atoms with Gasteiger partial charge in [-0.3, -0.25) is 47.9 Å². The van der Waals surface area contributed by atoms with Crippen LogP contribution in [0.5, 0.6) is 69.0 Å². The van der Waals surface area contributed by atoms with Crippen LogP contribution in [0.3, 0.4) is 0 Å². The van der Waals surface area contributed by atoms with Crippen LogP contribution in [0.2, 0.25) is 0 Å². The summed E-state index contributed by atoms with van der Waals surface area (Å²) in [7, 11) is 0.955. The fraction of sp³-hybridized carbons (Fsp3) is 0.286. The number of nitrogens with one attached hydrogen (secondary N) is 7. The van der Waals surface area contributed by atoms with Gasteiger partial charge in [0.25, 0.3) is 0 Å². The third-order valence-electron chi connectivity index (χ3n) is 19.3. The van der Waals surface area contributed by atoms with Crippen LogP contribution in [0, 0.1) is 6.92 Å². The van der Waals surface area contributed by atoms with Crippen molar-refractivity contribution in [3.05, 3.63) is 178 Å². The topological polar surface area (TPSA) is 548 Å². The number of benzene rings is 7. The second kappa shape index (κ2) is 32.3. The molecule has 115 heavy (non-hydrogen) atoms. The van der Waals surface area contributed by atoms with E-state index < -0.39 is 226 Å². The van der Waals surface area contributed by atoms with Crippen LogP contribution in [-0.4, -0.2) is 178 Å². The Morgan fingerprint density at radius 2 is 1.06 bits per heavy atom. The van der Waals surface area contributed by atoms with Crippen molar-refractivity contribution in [2.75, 3.05) is 13.7 Å². The summed E-state index contributed by atoms with van der Waals surface area (Å²) in [6.07, 6.45) is -9.07. The number of esters is 4. The highest BCUT2D eigenvalue weighted by molar-refractivity contribution is 6.00. The fourth-order valence-corrected chi connectivity index (χ4v) is 13.8. The van der Waals surface area contributed by atoms with Crippen LogP contribution >= 0.6 is 0 Å². The molecule has 1 saturated heterocycles. The van der Waals surface area contributed by atoms with Crippen molar-refractivity contribution in [3.8, 4) is 80.1 Å². The lowest BCUT2D eigenvalue weighted by atomic mass is 9.89. The molecule has 17 bridgehead atoms. The Labute approximate surface area is 649 Å². The van der Waals surface area contributed by atoms with Gasteiger partial charge in [-0.05, 0) is 119 Å². The number of hydrogen-bond acceptors (Lipinski definition) is 30. The highest BCUT2D eigenvalue weighted by Gasteiger charge is 2.52. The number of hydrogen-bond donors (Lipinski definition) is 15. The molecule has 8 aromatic rings. The van der Waals surface area contributed by atoms with E-state index in [9.17, 15) is 69.6 Å². The Kier molecular flexibility index (Phi) is 22.2. The number of phenols is 6. The smallest absolute Gasteiger partial charge is 0.333 e. The van der Waals surface area contributed by atoms with Gasteiger partial charge in [-0.25, -0.2) is 9.48 Å². The van der Waals surface area contributed by atoms with Crippen LogP contribution in [0.1, 0.15) is 120 Å². The van der Waals surface area contributed by atoms with Crippen LogP contribution in [-0.2, 0) is 87.8 Å². The SMILES string of the molecule is COC(=O)[C@@H]1NC(=O)[C@H]2NC(=O)[C@H](NC(=O)[C@@H]3NC(=O)[C@H]4NC(=O)[C@H](NC(=O)[C@H](n5cc(CO[C@H]6O[C@H](COC(C)=O)[C@@H](OC(C)=O)[C@H](OC(C)=O)[C@H]6NC(C)=O)nn5)c5ccc(O)c(c5)Oc5cc4cc(O)c5C)[C@H](O)c4ccc(cc4)Oc4cc3cc(c4O)Oc3ccc(cc3)[C@H]2O)c2ccc(O)c(c2)-c2c(O)cc(O)cc21. The molecular formula is C77H72N10O28. The summed E-state index contributed by atoms with van der Waals surface area (Å²) in [5.74, 6) is -18.5. The lowest BCUT2D eigenvalue weighted by Crippen LogP contribution is -2.66. The molecule has 1 fully saturated rings. The molecule has 14 atom stereocenters. The van der Waals surface area contributed by atoms with Gasteiger partial charge in [-0.2, -0.15) is 0 Å². The second-order valence-electron chi connectivity index (χ2n) is 27.2. The zero-order chi connectivity index (χ0) is 82.3. The number of aromatic nitrogens is 3. The highest BCUT2D eigenvalue weighted by Crippen LogP contribution is 2.48. The summed E-state index contributed by atoms with van der Waals surface area (Å²) >= 11 is 0. The van der Waals surface area contributed by atoms with Gasteiger partial charge >= 0.3 is 23.9 Å². The van der Waals surface area contributed by atoms with E-state index in [-0.39, 0.29) is 67.5 Å². The van der Waals surface area contributed by atoms with Crippen LogP contribution in [0.25, 0.3) is 11.1 Å². The molecule has 0 spiro atoms. The Balaban J connectivity index is 0.930. The first-order chi connectivity index (χ1) is 54.8. The molecule has 7 amide bonds. The quantitative estimate of drug-likeness (QED) is 0.0691. The second-order valence-corrected chi connectivity index (χ2v) is 27.2. The molecular weight excluding hydrogens is 1510 g/mol. The van der Waals surface area contributed by atoms with Gasteiger partial charge in [0, 0.05) is 56.0 Å². The van der Waals surface area contributed by atoms with Crippen molar-refractivity contribution in [3.63, 3.8) is 0 Å². The van der Waals surface area contributed by atoms with Gasteiger partial charge in [-0.1, -0.05) is 41.6 Å². The predicted molar refractivity (Wildman–Crippen MR) is 385 cm³/mol. The molecule has 0 radical (unpaired) electrons.